The van der Waals surface area contributed by atoms with Crippen molar-refractivity contribution < 1.29 is 0 Å². The molecule has 6 unspecified atom stereocenters. The molecule has 6 atom stereocenters. The number of rotatable bonds is 6. The Kier molecular flexibility index (Phi) is 7.03. The van der Waals surface area contributed by atoms with Gasteiger partial charge in [0.15, 0.2) is 0 Å². The fourth-order valence-corrected chi connectivity index (χ4v) is 7.41. The van der Waals surface area contributed by atoms with E-state index in [4.69, 9.17) is 0 Å². The maximum Gasteiger partial charge on any atom is 0.0753 e. The number of hydrogen-bond donors (Lipinski definition) is 0. The predicted molar refractivity (Wildman–Crippen MR) is 152 cm³/mol. The van der Waals surface area contributed by atoms with Gasteiger partial charge in [-0.3, -0.25) is 0 Å². The standard InChI is InChI=1S/C32H34N8/c1-37(2)29-23-15-27(39(5)31(23)21(10-12-33)25(29)17-35)19-8-7-9-20(14-19)28-16-24-30(38(3)4)26(18-36)22(11-13-34)32(24)40(28)6/h7-9,14-16,21-22,25-26,29-30H,10-11H2,1-6H3. The van der Waals surface area contributed by atoms with Gasteiger partial charge in [-0.25, -0.2) is 0 Å². The second kappa shape index (κ2) is 10.3. The largest absolute Gasteiger partial charge is 0.347 e. The van der Waals surface area contributed by atoms with E-state index in [0.717, 1.165) is 45.0 Å². The van der Waals surface area contributed by atoms with Crippen molar-refractivity contribution in [3.8, 4) is 46.8 Å². The van der Waals surface area contributed by atoms with Crippen LogP contribution in [0.3, 0.4) is 0 Å². The molecule has 0 spiro atoms. The fraction of sp³-hybridized carbons (Fsp3) is 0.438. The average molecular weight is 531 g/mol. The molecule has 0 N–H and O–H groups in total. The minimum absolute atomic E-state index is 0.0644. The number of benzene rings is 1. The third-order valence-electron chi connectivity index (χ3n) is 9.00. The highest BCUT2D eigenvalue weighted by atomic mass is 15.1. The summed E-state index contributed by atoms with van der Waals surface area (Å²) in [5.41, 5.74) is 8.61. The zero-order chi connectivity index (χ0) is 28.9. The molecule has 0 saturated carbocycles. The Labute approximate surface area is 236 Å². The normalized spacial score (nSPS) is 24.8. The summed E-state index contributed by atoms with van der Waals surface area (Å²) in [6.45, 7) is 0. The summed E-state index contributed by atoms with van der Waals surface area (Å²) in [5.74, 6) is -0.799. The van der Waals surface area contributed by atoms with Crippen LogP contribution in [0.2, 0.25) is 0 Å². The SMILES string of the molecule is CN(C)C1c2cc(-c3cccc(-c4cc5c(n4C)C(CC#N)C(C#N)C5N(C)C)c3)n(C)c2C(CC#N)C1C#N. The Morgan fingerprint density at radius 1 is 0.675 bits per heavy atom. The van der Waals surface area contributed by atoms with E-state index >= 15 is 0 Å². The first-order valence-electron chi connectivity index (χ1n) is 13.6. The number of nitriles is 4. The van der Waals surface area contributed by atoms with E-state index in [1.807, 2.05) is 42.3 Å². The third kappa shape index (κ3) is 3.92. The highest BCUT2D eigenvalue weighted by Crippen LogP contribution is 2.52. The third-order valence-corrected chi connectivity index (χ3v) is 9.00. The van der Waals surface area contributed by atoms with Crippen molar-refractivity contribution in [2.45, 2.75) is 36.8 Å². The van der Waals surface area contributed by atoms with E-state index in [9.17, 15) is 21.0 Å². The topological polar surface area (TPSA) is 112 Å². The van der Waals surface area contributed by atoms with Crippen molar-refractivity contribution in [2.24, 2.45) is 25.9 Å². The van der Waals surface area contributed by atoms with Crippen LogP contribution in [0.5, 0.6) is 0 Å². The molecule has 0 radical (unpaired) electrons. The van der Waals surface area contributed by atoms with Crippen LogP contribution in [0.4, 0.5) is 0 Å². The van der Waals surface area contributed by atoms with Crippen LogP contribution in [0, 0.1) is 57.2 Å². The van der Waals surface area contributed by atoms with Gasteiger partial charge in [0.2, 0.25) is 0 Å². The van der Waals surface area contributed by atoms with Gasteiger partial charge >= 0.3 is 0 Å². The summed E-state index contributed by atoms with van der Waals surface area (Å²) in [6, 6.07) is 22.3. The predicted octanol–water partition coefficient (Wildman–Crippen LogP) is 5.20. The maximum atomic E-state index is 9.99. The molecule has 0 saturated heterocycles. The van der Waals surface area contributed by atoms with Gasteiger partial charge in [0.05, 0.1) is 48.2 Å². The molecular formula is C32H34N8. The van der Waals surface area contributed by atoms with Crippen LogP contribution < -0.4 is 0 Å². The Morgan fingerprint density at radius 2 is 1.07 bits per heavy atom. The first-order chi connectivity index (χ1) is 19.2. The molecule has 2 aliphatic carbocycles. The molecule has 8 heteroatoms. The lowest BCUT2D eigenvalue weighted by Gasteiger charge is -2.25. The molecule has 3 aromatic rings. The van der Waals surface area contributed by atoms with Crippen molar-refractivity contribution in [1.82, 2.24) is 18.9 Å². The van der Waals surface area contributed by atoms with Gasteiger partial charge in [0.25, 0.3) is 0 Å². The zero-order valence-corrected chi connectivity index (χ0v) is 23.9. The molecule has 2 aromatic heterocycles. The van der Waals surface area contributed by atoms with Gasteiger partial charge in [-0.2, -0.15) is 21.0 Å². The molecule has 0 amide bonds. The van der Waals surface area contributed by atoms with Gasteiger partial charge in [-0.15, -0.1) is 0 Å². The summed E-state index contributed by atoms with van der Waals surface area (Å²) in [4.78, 5) is 4.17. The van der Waals surface area contributed by atoms with Crippen molar-refractivity contribution in [1.29, 1.82) is 21.0 Å². The summed E-state index contributed by atoms with van der Waals surface area (Å²) < 4.78 is 4.33. The van der Waals surface area contributed by atoms with E-state index in [0.29, 0.717) is 12.8 Å². The Bertz CT molecular complexity index is 1510. The maximum absolute atomic E-state index is 9.99. The first-order valence-corrected chi connectivity index (χ1v) is 13.6. The summed E-state index contributed by atoms with van der Waals surface area (Å²) >= 11 is 0. The molecule has 40 heavy (non-hydrogen) atoms. The quantitative estimate of drug-likeness (QED) is 0.433. The van der Waals surface area contributed by atoms with Gasteiger partial charge < -0.3 is 18.9 Å². The Balaban J connectivity index is 1.61. The van der Waals surface area contributed by atoms with Crippen molar-refractivity contribution in [3.63, 3.8) is 0 Å². The van der Waals surface area contributed by atoms with E-state index in [2.05, 4.69) is 79.6 Å². The van der Waals surface area contributed by atoms with E-state index in [-0.39, 0.29) is 35.8 Å². The molecule has 2 heterocycles. The molecule has 2 aliphatic rings. The van der Waals surface area contributed by atoms with E-state index in [1.165, 1.54) is 0 Å². The van der Waals surface area contributed by atoms with E-state index in [1.54, 1.807) is 0 Å². The molecular weight excluding hydrogens is 496 g/mol. The lowest BCUT2D eigenvalue weighted by atomic mass is 9.90. The van der Waals surface area contributed by atoms with Crippen LogP contribution >= 0.6 is 0 Å². The number of nitrogens with zero attached hydrogens (tertiary/aromatic N) is 8. The first kappa shape index (κ1) is 27.2. The molecule has 202 valence electrons. The van der Waals surface area contributed by atoms with Crippen molar-refractivity contribution in [2.75, 3.05) is 28.2 Å². The number of aromatic nitrogens is 2. The monoisotopic (exact) mass is 530 g/mol. The zero-order valence-electron chi connectivity index (χ0n) is 23.9. The highest BCUT2D eigenvalue weighted by molar-refractivity contribution is 5.73. The minimum atomic E-state index is -0.264. The van der Waals surface area contributed by atoms with Crippen molar-refractivity contribution >= 4 is 0 Å². The van der Waals surface area contributed by atoms with Crippen LogP contribution in [-0.4, -0.2) is 47.1 Å². The molecule has 0 bridgehead atoms. The second-order valence-electron chi connectivity index (χ2n) is 11.5. The lowest BCUT2D eigenvalue weighted by Crippen LogP contribution is -2.25. The summed E-state index contributed by atoms with van der Waals surface area (Å²) in [5, 5.41) is 39.1. The summed E-state index contributed by atoms with van der Waals surface area (Å²) in [6.07, 6.45) is 0.616. The molecule has 1 aromatic carbocycles. The minimum Gasteiger partial charge on any atom is -0.347 e. The van der Waals surface area contributed by atoms with Crippen molar-refractivity contribution in [3.05, 3.63) is 58.9 Å². The molecule has 5 rings (SSSR count). The lowest BCUT2D eigenvalue weighted by molar-refractivity contribution is 0.246. The van der Waals surface area contributed by atoms with Crippen LogP contribution in [0.15, 0.2) is 36.4 Å². The average Bonchev–Trinajstić information content (AvgIpc) is 3.62. The summed E-state index contributed by atoms with van der Waals surface area (Å²) in [7, 11) is 12.0. The Morgan fingerprint density at radius 3 is 1.40 bits per heavy atom. The smallest absolute Gasteiger partial charge is 0.0753 e. The van der Waals surface area contributed by atoms with Crippen LogP contribution in [0.25, 0.3) is 22.5 Å². The molecule has 8 nitrogen and oxygen atoms in total. The Hall–Kier alpha value is -4.34. The van der Waals surface area contributed by atoms with Crippen LogP contribution in [-0.2, 0) is 14.1 Å². The van der Waals surface area contributed by atoms with Gasteiger partial charge in [-0.1, -0.05) is 18.2 Å². The van der Waals surface area contributed by atoms with Gasteiger partial charge in [0.1, 0.15) is 0 Å². The van der Waals surface area contributed by atoms with Gasteiger partial charge in [-0.05, 0) is 68.6 Å². The number of fused-ring (bicyclic) bond motifs is 2. The molecule has 0 aliphatic heterocycles. The van der Waals surface area contributed by atoms with E-state index < -0.39 is 0 Å². The second-order valence-corrected chi connectivity index (χ2v) is 11.5. The van der Waals surface area contributed by atoms with Gasteiger partial charge in [0, 0.05) is 61.5 Å². The highest BCUT2D eigenvalue weighted by Gasteiger charge is 2.46. The van der Waals surface area contributed by atoms with Crippen LogP contribution in [0.1, 0.15) is 59.3 Å². The number of hydrogen-bond acceptors (Lipinski definition) is 6. The molecule has 0 fully saturated rings. The fourth-order valence-electron chi connectivity index (χ4n) is 7.41.